The van der Waals surface area contributed by atoms with Crippen molar-refractivity contribution in [3.8, 4) is 0 Å². The molecule has 0 unspecified atom stereocenters. The SMILES string of the molecule is CC(C)N(CC[P+](c1ccccc1)(c1ccccc1)c1ccccc1)C(C)C. The van der Waals surface area contributed by atoms with Crippen molar-refractivity contribution in [2.45, 2.75) is 39.8 Å². The molecular formula is C26H33NP+. The van der Waals surface area contributed by atoms with Crippen LogP contribution in [-0.2, 0) is 0 Å². The lowest BCUT2D eigenvalue weighted by atomic mass is 10.2. The van der Waals surface area contributed by atoms with E-state index in [1.807, 2.05) is 0 Å². The van der Waals surface area contributed by atoms with Gasteiger partial charge in [0.2, 0.25) is 0 Å². The van der Waals surface area contributed by atoms with E-state index in [2.05, 4.69) is 124 Å². The van der Waals surface area contributed by atoms with E-state index in [0.29, 0.717) is 12.1 Å². The van der Waals surface area contributed by atoms with Gasteiger partial charge < -0.3 is 0 Å². The number of hydrogen-bond donors (Lipinski definition) is 0. The Morgan fingerprint density at radius 3 is 1.18 bits per heavy atom. The molecule has 0 aliphatic carbocycles. The Hall–Kier alpha value is -1.95. The van der Waals surface area contributed by atoms with Gasteiger partial charge in [-0.1, -0.05) is 54.6 Å². The molecule has 2 heteroatoms. The first-order valence-electron chi connectivity index (χ1n) is 10.4. The van der Waals surface area contributed by atoms with Crippen molar-refractivity contribution in [2.75, 3.05) is 12.7 Å². The maximum absolute atomic E-state index is 2.63. The molecule has 0 atom stereocenters. The van der Waals surface area contributed by atoms with Gasteiger partial charge in [0.25, 0.3) is 0 Å². The van der Waals surface area contributed by atoms with Crippen molar-refractivity contribution < 1.29 is 0 Å². The second kappa shape index (κ2) is 9.50. The van der Waals surface area contributed by atoms with E-state index in [4.69, 9.17) is 0 Å². The zero-order chi connectivity index (χ0) is 20.0. The summed E-state index contributed by atoms with van der Waals surface area (Å²) in [5, 5.41) is 4.42. The highest BCUT2D eigenvalue weighted by molar-refractivity contribution is 7.95. The third-order valence-electron chi connectivity index (χ3n) is 5.61. The first kappa shape index (κ1) is 20.8. The van der Waals surface area contributed by atoms with Crippen LogP contribution in [-0.4, -0.2) is 29.7 Å². The Bertz CT molecular complexity index is 723. The largest absolute Gasteiger partial charge is 0.295 e. The van der Waals surface area contributed by atoms with Crippen LogP contribution in [0.5, 0.6) is 0 Å². The molecule has 0 N–H and O–H groups in total. The van der Waals surface area contributed by atoms with Gasteiger partial charge in [-0.2, -0.15) is 0 Å². The van der Waals surface area contributed by atoms with Crippen molar-refractivity contribution in [3.05, 3.63) is 91.0 Å². The van der Waals surface area contributed by atoms with Gasteiger partial charge in [-0.05, 0) is 64.1 Å². The lowest BCUT2D eigenvalue weighted by Gasteiger charge is -2.34. The molecule has 3 rings (SSSR count). The van der Waals surface area contributed by atoms with Crippen LogP contribution in [0.15, 0.2) is 91.0 Å². The van der Waals surface area contributed by atoms with Gasteiger partial charge in [0, 0.05) is 18.6 Å². The first-order chi connectivity index (χ1) is 13.6. The maximum Gasteiger partial charge on any atom is 0.113 e. The van der Waals surface area contributed by atoms with E-state index in [-0.39, 0.29) is 0 Å². The third-order valence-corrected chi connectivity index (χ3v) is 10.0. The van der Waals surface area contributed by atoms with E-state index >= 15 is 0 Å². The van der Waals surface area contributed by atoms with E-state index in [1.54, 1.807) is 0 Å². The average molecular weight is 391 g/mol. The second-order valence-corrected chi connectivity index (χ2v) is 11.6. The predicted octanol–water partition coefficient (Wildman–Crippen LogP) is 5.10. The highest BCUT2D eigenvalue weighted by Crippen LogP contribution is 2.55. The van der Waals surface area contributed by atoms with Crippen LogP contribution in [0.2, 0.25) is 0 Å². The molecule has 3 aromatic carbocycles. The van der Waals surface area contributed by atoms with Gasteiger partial charge in [0.1, 0.15) is 23.2 Å². The lowest BCUT2D eigenvalue weighted by Crippen LogP contribution is -2.43. The Kier molecular flexibility index (Phi) is 7.05. The van der Waals surface area contributed by atoms with Crippen LogP contribution >= 0.6 is 7.26 Å². The van der Waals surface area contributed by atoms with Crippen molar-refractivity contribution in [2.24, 2.45) is 0 Å². The molecule has 0 spiro atoms. The first-order valence-corrected chi connectivity index (χ1v) is 12.3. The minimum Gasteiger partial charge on any atom is -0.295 e. The molecule has 0 radical (unpaired) electrons. The van der Waals surface area contributed by atoms with Crippen LogP contribution in [0.1, 0.15) is 27.7 Å². The fraction of sp³-hybridized carbons (Fsp3) is 0.308. The molecule has 28 heavy (non-hydrogen) atoms. The lowest BCUT2D eigenvalue weighted by molar-refractivity contribution is 0.187. The van der Waals surface area contributed by atoms with Crippen LogP contribution in [0.3, 0.4) is 0 Å². The summed E-state index contributed by atoms with van der Waals surface area (Å²) >= 11 is 0. The molecule has 0 aliphatic heterocycles. The zero-order valence-corrected chi connectivity index (χ0v) is 18.5. The summed E-state index contributed by atoms with van der Waals surface area (Å²) in [7, 11) is -1.73. The van der Waals surface area contributed by atoms with Gasteiger partial charge in [-0.3, -0.25) is 4.90 Å². The highest BCUT2D eigenvalue weighted by Gasteiger charge is 2.45. The number of rotatable bonds is 8. The van der Waals surface area contributed by atoms with Gasteiger partial charge in [-0.25, -0.2) is 0 Å². The smallest absolute Gasteiger partial charge is 0.113 e. The molecule has 0 aromatic heterocycles. The predicted molar refractivity (Wildman–Crippen MR) is 127 cm³/mol. The van der Waals surface area contributed by atoms with Crippen molar-refractivity contribution in [1.82, 2.24) is 4.90 Å². The Morgan fingerprint density at radius 1 is 0.571 bits per heavy atom. The quantitative estimate of drug-likeness (QED) is 0.484. The van der Waals surface area contributed by atoms with Crippen LogP contribution < -0.4 is 15.9 Å². The third kappa shape index (κ3) is 4.37. The molecule has 146 valence electrons. The van der Waals surface area contributed by atoms with Crippen LogP contribution in [0.25, 0.3) is 0 Å². The fourth-order valence-electron chi connectivity index (χ4n) is 4.26. The number of benzene rings is 3. The summed E-state index contributed by atoms with van der Waals surface area (Å²) in [5.41, 5.74) is 0. The van der Waals surface area contributed by atoms with Crippen molar-refractivity contribution >= 4 is 23.2 Å². The molecule has 0 heterocycles. The normalized spacial score (nSPS) is 12.1. The standard InChI is InChI=1S/C26H33NP/c1-22(2)27(23(3)4)20-21-28(24-14-8-5-9-15-24,25-16-10-6-11-17-25)26-18-12-7-13-19-26/h5-19,22-23H,20-21H2,1-4H3/q+1. The van der Waals surface area contributed by atoms with Crippen LogP contribution in [0, 0.1) is 0 Å². The fourth-order valence-corrected chi connectivity index (χ4v) is 8.50. The summed E-state index contributed by atoms with van der Waals surface area (Å²) < 4.78 is 0. The molecule has 0 bridgehead atoms. The summed E-state index contributed by atoms with van der Waals surface area (Å²) in [6.45, 7) is 10.4. The zero-order valence-electron chi connectivity index (χ0n) is 17.6. The minimum absolute atomic E-state index is 0.546. The number of hydrogen-bond acceptors (Lipinski definition) is 1. The van der Waals surface area contributed by atoms with E-state index in [9.17, 15) is 0 Å². The van der Waals surface area contributed by atoms with E-state index in [1.165, 1.54) is 15.9 Å². The van der Waals surface area contributed by atoms with Crippen molar-refractivity contribution in [3.63, 3.8) is 0 Å². The molecule has 0 saturated carbocycles. The van der Waals surface area contributed by atoms with Gasteiger partial charge in [0.15, 0.2) is 0 Å². The molecule has 0 fully saturated rings. The molecule has 1 nitrogen and oxygen atoms in total. The Labute approximate surface area is 171 Å². The highest BCUT2D eigenvalue weighted by atomic mass is 31.2. The summed E-state index contributed by atoms with van der Waals surface area (Å²) in [5.74, 6) is 0. The van der Waals surface area contributed by atoms with Crippen molar-refractivity contribution in [1.29, 1.82) is 0 Å². The summed E-state index contributed by atoms with van der Waals surface area (Å²) in [6, 6.07) is 34.6. The second-order valence-electron chi connectivity index (χ2n) is 7.97. The summed E-state index contributed by atoms with van der Waals surface area (Å²) in [4.78, 5) is 2.63. The van der Waals surface area contributed by atoms with Gasteiger partial charge in [-0.15, -0.1) is 0 Å². The Balaban J connectivity index is 2.16. The maximum atomic E-state index is 2.63. The topological polar surface area (TPSA) is 3.24 Å². The van der Waals surface area contributed by atoms with Crippen LogP contribution in [0.4, 0.5) is 0 Å². The Morgan fingerprint density at radius 2 is 0.893 bits per heavy atom. The number of nitrogens with zero attached hydrogens (tertiary/aromatic N) is 1. The van der Waals surface area contributed by atoms with E-state index in [0.717, 1.165) is 12.7 Å². The molecule has 3 aromatic rings. The molecule has 0 saturated heterocycles. The summed E-state index contributed by atoms with van der Waals surface area (Å²) in [6.07, 6.45) is 1.15. The molecular weight excluding hydrogens is 357 g/mol. The molecule has 0 amide bonds. The molecule has 0 aliphatic rings. The van der Waals surface area contributed by atoms with Gasteiger partial charge in [0.05, 0.1) is 6.16 Å². The minimum atomic E-state index is -1.73. The average Bonchev–Trinajstić information content (AvgIpc) is 2.73. The van der Waals surface area contributed by atoms with Gasteiger partial charge >= 0.3 is 0 Å². The monoisotopic (exact) mass is 390 g/mol. The van der Waals surface area contributed by atoms with E-state index < -0.39 is 7.26 Å².